The van der Waals surface area contributed by atoms with E-state index in [9.17, 15) is 9.18 Å². The van der Waals surface area contributed by atoms with Gasteiger partial charge in [0.05, 0.1) is 18.4 Å². The van der Waals surface area contributed by atoms with Crippen LogP contribution in [0.4, 0.5) is 4.39 Å². The van der Waals surface area contributed by atoms with E-state index in [1.807, 2.05) is 0 Å². The third-order valence-corrected chi connectivity index (χ3v) is 1.36. The van der Waals surface area contributed by atoms with Gasteiger partial charge in [0, 0.05) is 6.20 Å². The Balaban J connectivity index is 3.09. The molecule has 0 saturated heterocycles. The third kappa shape index (κ3) is 1.55. The molecule has 5 heteroatoms. The molecule has 4 nitrogen and oxygen atoms in total. The summed E-state index contributed by atoms with van der Waals surface area (Å²) in [6.07, 6.45) is 0.254. The van der Waals surface area contributed by atoms with E-state index >= 15 is 0 Å². The Bertz CT molecular complexity index is 314. The maximum atomic E-state index is 12.3. The van der Waals surface area contributed by atoms with Crippen molar-refractivity contribution in [2.75, 3.05) is 7.11 Å². The highest BCUT2D eigenvalue weighted by molar-refractivity contribution is 5.89. The van der Waals surface area contributed by atoms with Crippen molar-refractivity contribution in [1.82, 2.24) is 9.97 Å². The SMILES string of the molecule is COC(=O)c1cnc(F)nc1C. The number of aromatic nitrogens is 2. The van der Waals surface area contributed by atoms with Crippen molar-refractivity contribution in [3.8, 4) is 0 Å². The molecule has 0 aliphatic carbocycles. The van der Waals surface area contributed by atoms with Gasteiger partial charge in [0.1, 0.15) is 0 Å². The van der Waals surface area contributed by atoms with Crippen molar-refractivity contribution in [2.45, 2.75) is 6.92 Å². The van der Waals surface area contributed by atoms with Crippen molar-refractivity contribution in [2.24, 2.45) is 0 Å². The van der Waals surface area contributed by atoms with E-state index in [0.717, 1.165) is 6.20 Å². The second-order valence-corrected chi connectivity index (χ2v) is 2.13. The Hall–Kier alpha value is -1.52. The predicted molar refractivity (Wildman–Crippen MR) is 38.1 cm³/mol. The second kappa shape index (κ2) is 3.25. The van der Waals surface area contributed by atoms with E-state index < -0.39 is 12.0 Å². The number of carbonyl (C=O) groups is 1. The standard InChI is InChI=1S/C7H7FN2O2/c1-4-5(6(11)12-2)3-9-7(8)10-4/h3H,1-2H3. The van der Waals surface area contributed by atoms with Crippen molar-refractivity contribution in [3.05, 3.63) is 23.5 Å². The van der Waals surface area contributed by atoms with E-state index in [2.05, 4.69) is 14.7 Å². The van der Waals surface area contributed by atoms with Crippen molar-refractivity contribution in [3.63, 3.8) is 0 Å². The smallest absolute Gasteiger partial charge is 0.341 e. The van der Waals surface area contributed by atoms with Gasteiger partial charge in [-0.3, -0.25) is 0 Å². The average Bonchev–Trinajstić information content (AvgIpc) is 2.03. The van der Waals surface area contributed by atoms with Crippen LogP contribution in [0.2, 0.25) is 0 Å². The first-order valence-corrected chi connectivity index (χ1v) is 3.22. The van der Waals surface area contributed by atoms with Crippen LogP contribution in [0.1, 0.15) is 16.1 Å². The summed E-state index contributed by atoms with van der Waals surface area (Å²) in [5.41, 5.74) is 0.452. The summed E-state index contributed by atoms with van der Waals surface area (Å²) in [6.45, 7) is 1.51. The summed E-state index contributed by atoms with van der Waals surface area (Å²) in [5, 5.41) is 0. The molecule has 0 fully saturated rings. The number of rotatable bonds is 1. The fraction of sp³-hybridized carbons (Fsp3) is 0.286. The molecule has 1 aromatic rings. The van der Waals surface area contributed by atoms with E-state index in [0.29, 0.717) is 0 Å². The van der Waals surface area contributed by atoms with Crippen LogP contribution in [-0.2, 0) is 4.74 Å². The normalized spacial score (nSPS) is 9.58. The summed E-state index contributed by atoms with van der Waals surface area (Å²) in [6, 6.07) is 0. The van der Waals surface area contributed by atoms with Crippen molar-refractivity contribution >= 4 is 5.97 Å². The number of hydrogen-bond donors (Lipinski definition) is 0. The second-order valence-electron chi connectivity index (χ2n) is 2.13. The Morgan fingerprint density at radius 3 is 2.83 bits per heavy atom. The minimum absolute atomic E-state index is 0.180. The molecule has 12 heavy (non-hydrogen) atoms. The van der Waals surface area contributed by atoms with E-state index in [4.69, 9.17) is 0 Å². The van der Waals surface area contributed by atoms with Gasteiger partial charge in [0.15, 0.2) is 0 Å². The zero-order valence-electron chi connectivity index (χ0n) is 6.67. The summed E-state index contributed by atoms with van der Waals surface area (Å²) >= 11 is 0. The topological polar surface area (TPSA) is 52.1 Å². The van der Waals surface area contributed by atoms with Gasteiger partial charge < -0.3 is 4.74 Å². The molecule has 0 spiro atoms. The first-order valence-electron chi connectivity index (χ1n) is 3.22. The Morgan fingerprint density at radius 2 is 2.33 bits per heavy atom. The third-order valence-electron chi connectivity index (χ3n) is 1.36. The molecule has 1 rings (SSSR count). The molecule has 0 aromatic carbocycles. The van der Waals surface area contributed by atoms with Gasteiger partial charge in [-0.1, -0.05) is 0 Å². The van der Waals surface area contributed by atoms with Crippen LogP contribution in [0.25, 0.3) is 0 Å². The number of carbonyl (C=O) groups excluding carboxylic acids is 1. The van der Waals surface area contributed by atoms with Gasteiger partial charge in [-0.15, -0.1) is 0 Å². The maximum Gasteiger partial charge on any atom is 0.341 e. The predicted octanol–water partition coefficient (Wildman–Crippen LogP) is 0.711. The summed E-state index contributed by atoms with van der Waals surface area (Å²) in [5.74, 6) is -0.563. The average molecular weight is 170 g/mol. The van der Waals surface area contributed by atoms with Crippen LogP contribution < -0.4 is 0 Å². The molecule has 0 N–H and O–H groups in total. The van der Waals surface area contributed by atoms with Crippen LogP contribution in [0.3, 0.4) is 0 Å². The Labute approximate surface area is 68.4 Å². The van der Waals surface area contributed by atoms with Crippen LogP contribution >= 0.6 is 0 Å². The molecule has 0 atom stereocenters. The molecule has 0 amide bonds. The fourth-order valence-electron chi connectivity index (χ4n) is 0.749. The van der Waals surface area contributed by atoms with E-state index in [-0.39, 0.29) is 11.3 Å². The lowest BCUT2D eigenvalue weighted by Crippen LogP contribution is -2.07. The van der Waals surface area contributed by atoms with Gasteiger partial charge in [-0.2, -0.15) is 4.39 Å². The largest absolute Gasteiger partial charge is 0.465 e. The number of aryl methyl sites for hydroxylation is 1. The number of methoxy groups -OCH3 is 1. The lowest BCUT2D eigenvalue weighted by Gasteiger charge is -2.00. The molecular weight excluding hydrogens is 163 g/mol. The van der Waals surface area contributed by atoms with E-state index in [1.54, 1.807) is 0 Å². The van der Waals surface area contributed by atoms with Crippen LogP contribution in [-0.4, -0.2) is 23.0 Å². The van der Waals surface area contributed by atoms with Crippen molar-refractivity contribution in [1.29, 1.82) is 0 Å². The molecule has 0 aliphatic rings. The fourth-order valence-corrected chi connectivity index (χ4v) is 0.749. The Morgan fingerprint density at radius 1 is 1.67 bits per heavy atom. The molecule has 0 radical (unpaired) electrons. The molecule has 1 heterocycles. The van der Waals surface area contributed by atoms with Crippen LogP contribution in [0, 0.1) is 13.0 Å². The molecule has 0 bridgehead atoms. The highest BCUT2D eigenvalue weighted by Crippen LogP contribution is 2.04. The number of esters is 1. The zero-order valence-corrected chi connectivity index (χ0v) is 6.67. The van der Waals surface area contributed by atoms with Gasteiger partial charge >= 0.3 is 12.0 Å². The number of ether oxygens (including phenoxy) is 1. The van der Waals surface area contributed by atoms with Crippen LogP contribution in [0.5, 0.6) is 0 Å². The molecule has 64 valence electrons. The number of nitrogens with zero attached hydrogens (tertiary/aromatic N) is 2. The summed E-state index contributed by atoms with van der Waals surface area (Å²) in [7, 11) is 1.24. The number of hydrogen-bond acceptors (Lipinski definition) is 4. The zero-order chi connectivity index (χ0) is 9.14. The molecular formula is C7H7FN2O2. The minimum atomic E-state index is -0.847. The molecule has 0 saturated carbocycles. The first kappa shape index (κ1) is 8.58. The van der Waals surface area contributed by atoms with Crippen molar-refractivity contribution < 1.29 is 13.9 Å². The maximum absolute atomic E-state index is 12.3. The molecule has 0 aliphatic heterocycles. The van der Waals surface area contributed by atoms with Gasteiger partial charge in [0.25, 0.3) is 0 Å². The molecule has 1 aromatic heterocycles. The molecule has 0 unspecified atom stereocenters. The lowest BCUT2D eigenvalue weighted by molar-refractivity contribution is 0.0598. The highest BCUT2D eigenvalue weighted by Gasteiger charge is 2.10. The monoisotopic (exact) mass is 170 g/mol. The van der Waals surface area contributed by atoms with Gasteiger partial charge in [-0.05, 0) is 6.92 Å². The highest BCUT2D eigenvalue weighted by atomic mass is 19.1. The number of halogens is 1. The summed E-state index contributed by atoms with van der Waals surface area (Å²) < 4.78 is 16.8. The van der Waals surface area contributed by atoms with Crippen LogP contribution in [0.15, 0.2) is 6.20 Å². The quantitative estimate of drug-likeness (QED) is 0.460. The first-order chi connectivity index (χ1) is 5.65. The minimum Gasteiger partial charge on any atom is -0.465 e. The summed E-state index contributed by atoms with van der Waals surface area (Å²) in [4.78, 5) is 17.5. The lowest BCUT2D eigenvalue weighted by atomic mass is 10.2. The van der Waals surface area contributed by atoms with Gasteiger partial charge in [-0.25, -0.2) is 14.8 Å². The van der Waals surface area contributed by atoms with Gasteiger partial charge in [0.2, 0.25) is 0 Å². The van der Waals surface area contributed by atoms with E-state index in [1.165, 1.54) is 14.0 Å². The Kier molecular flexibility index (Phi) is 2.32.